The molecule has 5 heteroatoms. The number of nitrogens with zero attached hydrogens (tertiary/aromatic N) is 1. The summed E-state index contributed by atoms with van der Waals surface area (Å²) in [6.45, 7) is 12.0. The minimum Gasteiger partial charge on any atom is -0.355 e. The maximum Gasteiger partial charge on any atom is 0.234 e. The Bertz CT molecular complexity index is 540. The Morgan fingerprint density at radius 2 is 1.60 bits per heavy atom. The highest BCUT2D eigenvalue weighted by Crippen LogP contribution is 2.15. The van der Waals surface area contributed by atoms with Crippen molar-refractivity contribution in [1.82, 2.24) is 15.5 Å². The smallest absolute Gasteiger partial charge is 0.234 e. The third-order valence-corrected chi connectivity index (χ3v) is 4.06. The Balaban J connectivity index is 2.53. The van der Waals surface area contributed by atoms with Crippen molar-refractivity contribution in [3.05, 3.63) is 35.4 Å². The van der Waals surface area contributed by atoms with Gasteiger partial charge in [0.2, 0.25) is 11.8 Å². The fraction of sp³-hybridized carbons (Fsp3) is 0.600. The predicted octanol–water partition coefficient (Wildman–Crippen LogP) is 2.52. The van der Waals surface area contributed by atoms with Gasteiger partial charge in [-0.3, -0.25) is 14.5 Å². The summed E-state index contributed by atoms with van der Waals surface area (Å²) in [6.07, 6.45) is 1.06. The first kappa shape index (κ1) is 21.2. The van der Waals surface area contributed by atoms with Gasteiger partial charge in [-0.05, 0) is 43.9 Å². The second-order valence-corrected chi connectivity index (χ2v) is 6.89. The van der Waals surface area contributed by atoms with Gasteiger partial charge < -0.3 is 10.6 Å². The topological polar surface area (TPSA) is 61.4 Å². The fourth-order valence-electron chi connectivity index (χ4n) is 2.72. The van der Waals surface area contributed by atoms with Crippen molar-refractivity contribution in [2.75, 3.05) is 26.2 Å². The lowest BCUT2D eigenvalue weighted by Crippen LogP contribution is -2.43. The van der Waals surface area contributed by atoms with Crippen molar-refractivity contribution in [3.8, 4) is 0 Å². The molecule has 1 aromatic carbocycles. The lowest BCUT2D eigenvalue weighted by Gasteiger charge is -2.21. The van der Waals surface area contributed by atoms with Crippen molar-refractivity contribution in [1.29, 1.82) is 0 Å². The molecule has 0 spiro atoms. The zero-order valence-electron chi connectivity index (χ0n) is 16.3. The quantitative estimate of drug-likeness (QED) is 0.684. The normalized spacial score (nSPS) is 12.3. The summed E-state index contributed by atoms with van der Waals surface area (Å²) in [4.78, 5) is 25.8. The van der Waals surface area contributed by atoms with Crippen LogP contribution in [-0.2, 0) is 16.0 Å². The van der Waals surface area contributed by atoms with Crippen molar-refractivity contribution < 1.29 is 9.59 Å². The minimum absolute atomic E-state index is 0.0501. The monoisotopic (exact) mass is 347 g/mol. The van der Waals surface area contributed by atoms with Gasteiger partial charge in [-0.25, -0.2) is 0 Å². The molecule has 0 heterocycles. The number of likely N-dealkylation sites (N-methyl/N-ethyl adjacent to an activating group) is 2. The van der Waals surface area contributed by atoms with Crippen LogP contribution in [-0.4, -0.2) is 42.9 Å². The van der Waals surface area contributed by atoms with Crippen molar-refractivity contribution in [2.45, 2.75) is 47.1 Å². The van der Waals surface area contributed by atoms with E-state index in [-0.39, 0.29) is 30.9 Å². The molecule has 0 aliphatic heterocycles. The highest BCUT2D eigenvalue weighted by atomic mass is 16.2. The van der Waals surface area contributed by atoms with E-state index in [1.165, 1.54) is 5.56 Å². The van der Waals surface area contributed by atoms with E-state index in [2.05, 4.69) is 48.7 Å². The van der Waals surface area contributed by atoms with Crippen molar-refractivity contribution >= 4 is 11.8 Å². The molecule has 2 amide bonds. The summed E-state index contributed by atoms with van der Waals surface area (Å²) >= 11 is 0. The molecule has 0 radical (unpaired) electrons. The van der Waals surface area contributed by atoms with Crippen LogP contribution in [0.1, 0.15) is 51.8 Å². The van der Waals surface area contributed by atoms with Gasteiger partial charge in [-0.2, -0.15) is 0 Å². The Morgan fingerprint density at radius 3 is 2.12 bits per heavy atom. The van der Waals surface area contributed by atoms with Gasteiger partial charge in [0.05, 0.1) is 19.1 Å². The number of carbonyl (C=O) groups is 2. The zero-order chi connectivity index (χ0) is 18.8. The van der Waals surface area contributed by atoms with Gasteiger partial charge in [0.25, 0.3) is 0 Å². The molecule has 0 aliphatic carbocycles. The third kappa shape index (κ3) is 8.16. The van der Waals surface area contributed by atoms with Gasteiger partial charge in [0.15, 0.2) is 0 Å². The van der Waals surface area contributed by atoms with Crippen LogP contribution >= 0.6 is 0 Å². The van der Waals surface area contributed by atoms with E-state index in [0.29, 0.717) is 19.0 Å². The van der Waals surface area contributed by atoms with Crippen LogP contribution in [0.2, 0.25) is 0 Å². The average molecular weight is 348 g/mol. The third-order valence-electron chi connectivity index (χ3n) is 4.06. The van der Waals surface area contributed by atoms with Gasteiger partial charge in [-0.1, -0.05) is 45.0 Å². The first-order valence-corrected chi connectivity index (χ1v) is 9.22. The summed E-state index contributed by atoms with van der Waals surface area (Å²) in [7, 11) is 0. The molecule has 1 atom stereocenters. The van der Waals surface area contributed by atoms with Gasteiger partial charge in [0.1, 0.15) is 0 Å². The Hall–Kier alpha value is -1.88. The summed E-state index contributed by atoms with van der Waals surface area (Å²) in [5.74, 6) is 0.517. The SMILES string of the molecule is CCNC(=O)CN(CC)CC(=O)N[C@H](C)c1ccc(CC(C)C)cc1. The van der Waals surface area contributed by atoms with E-state index in [4.69, 9.17) is 0 Å². The van der Waals surface area contributed by atoms with Crippen LogP contribution in [0, 0.1) is 5.92 Å². The van der Waals surface area contributed by atoms with Gasteiger partial charge >= 0.3 is 0 Å². The second-order valence-electron chi connectivity index (χ2n) is 6.89. The Morgan fingerprint density at radius 1 is 1.00 bits per heavy atom. The molecular weight excluding hydrogens is 314 g/mol. The number of nitrogens with one attached hydrogen (secondary N) is 2. The summed E-state index contributed by atoms with van der Waals surface area (Å²) in [5.41, 5.74) is 2.41. The first-order valence-electron chi connectivity index (χ1n) is 9.22. The Kier molecular flexibility index (Phi) is 9.21. The lowest BCUT2D eigenvalue weighted by molar-refractivity contribution is -0.125. The van der Waals surface area contributed by atoms with E-state index in [1.807, 2.05) is 25.7 Å². The number of carbonyl (C=O) groups excluding carboxylic acids is 2. The van der Waals surface area contributed by atoms with E-state index in [9.17, 15) is 9.59 Å². The Labute approximate surface area is 152 Å². The molecule has 25 heavy (non-hydrogen) atoms. The molecule has 2 N–H and O–H groups in total. The largest absolute Gasteiger partial charge is 0.355 e. The van der Waals surface area contributed by atoms with Crippen molar-refractivity contribution in [2.24, 2.45) is 5.92 Å². The molecule has 0 unspecified atom stereocenters. The average Bonchev–Trinajstić information content (AvgIpc) is 2.54. The second kappa shape index (κ2) is 10.9. The first-order chi connectivity index (χ1) is 11.8. The van der Waals surface area contributed by atoms with Crippen LogP contribution in [0.5, 0.6) is 0 Å². The van der Waals surface area contributed by atoms with E-state index in [1.54, 1.807) is 0 Å². The summed E-state index contributed by atoms with van der Waals surface area (Å²) in [5, 5.41) is 5.77. The molecule has 5 nitrogen and oxygen atoms in total. The highest BCUT2D eigenvalue weighted by Gasteiger charge is 2.15. The maximum absolute atomic E-state index is 12.3. The van der Waals surface area contributed by atoms with Crippen molar-refractivity contribution in [3.63, 3.8) is 0 Å². The molecule has 1 rings (SSSR count). The molecule has 0 aliphatic rings. The molecule has 0 saturated carbocycles. The van der Waals surface area contributed by atoms with Gasteiger partial charge in [0, 0.05) is 6.54 Å². The van der Waals surface area contributed by atoms with Crippen LogP contribution in [0.25, 0.3) is 0 Å². The molecule has 0 bridgehead atoms. The number of hydrogen-bond acceptors (Lipinski definition) is 3. The molecule has 1 aromatic rings. The zero-order valence-corrected chi connectivity index (χ0v) is 16.3. The number of rotatable bonds is 10. The standard InChI is InChI=1S/C20H33N3O2/c1-6-21-19(24)13-23(7-2)14-20(25)22-16(5)18-10-8-17(9-11-18)12-15(3)4/h8-11,15-16H,6-7,12-14H2,1-5H3,(H,21,24)(H,22,25)/t16-/m1/s1. The summed E-state index contributed by atoms with van der Waals surface area (Å²) < 4.78 is 0. The lowest BCUT2D eigenvalue weighted by atomic mass is 10.00. The molecule has 0 saturated heterocycles. The van der Waals surface area contributed by atoms with Crippen LogP contribution in [0.3, 0.4) is 0 Å². The summed E-state index contributed by atoms with van der Waals surface area (Å²) in [6, 6.07) is 8.37. The van der Waals surface area contributed by atoms with E-state index >= 15 is 0 Å². The van der Waals surface area contributed by atoms with Crippen LogP contribution in [0.4, 0.5) is 0 Å². The fourth-order valence-corrected chi connectivity index (χ4v) is 2.72. The molecule has 0 aromatic heterocycles. The number of amides is 2. The number of benzene rings is 1. The minimum atomic E-state index is -0.0649. The van der Waals surface area contributed by atoms with Crippen LogP contribution in [0.15, 0.2) is 24.3 Å². The van der Waals surface area contributed by atoms with E-state index in [0.717, 1.165) is 12.0 Å². The molecule has 0 fully saturated rings. The number of hydrogen-bond donors (Lipinski definition) is 2. The maximum atomic E-state index is 12.3. The highest BCUT2D eigenvalue weighted by molar-refractivity contribution is 5.81. The van der Waals surface area contributed by atoms with Gasteiger partial charge in [-0.15, -0.1) is 0 Å². The predicted molar refractivity (Wildman–Crippen MR) is 102 cm³/mol. The van der Waals surface area contributed by atoms with Crippen LogP contribution < -0.4 is 10.6 Å². The molecule has 140 valence electrons. The van der Waals surface area contributed by atoms with E-state index < -0.39 is 0 Å². The molecular formula is C20H33N3O2.